The standard InChI is InChI=1S/C15H20ClN3O/c1-12-3-2-4-13-15(12)17-14(11-16)19(13)6-5-18-7-9-20-10-8-18/h2-4H,5-11H2,1H3. The van der Waals surface area contributed by atoms with Gasteiger partial charge >= 0.3 is 0 Å². The highest BCUT2D eigenvalue weighted by Gasteiger charge is 2.14. The normalized spacial score (nSPS) is 16.9. The van der Waals surface area contributed by atoms with E-state index < -0.39 is 0 Å². The Hall–Kier alpha value is -1.10. The Morgan fingerprint density at radius 2 is 2.05 bits per heavy atom. The summed E-state index contributed by atoms with van der Waals surface area (Å²) in [5.41, 5.74) is 3.47. The summed E-state index contributed by atoms with van der Waals surface area (Å²) in [4.78, 5) is 7.12. The second-order valence-corrected chi connectivity index (χ2v) is 5.48. The molecule has 2 aromatic rings. The fraction of sp³-hybridized carbons (Fsp3) is 0.533. The highest BCUT2D eigenvalue weighted by Crippen LogP contribution is 2.20. The lowest BCUT2D eigenvalue weighted by molar-refractivity contribution is 0.0364. The molecule has 0 bridgehead atoms. The zero-order valence-corrected chi connectivity index (χ0v) is 12.6. The molecule has 0 amide bonds. The first-order valence-electron chi connectivity index (χ1n) is 7.10. The van der Waals surface area contributed by atoms with E-state index in [1.807, 2.05) is 0 Å². The first-order chi connectivity index (χ1) is 9.79. The predicted octanol–water partition coefficient (Wildman–Crippen LogP) is 2.42. The number of aryl methyl sites for hydroxylation is 1. The van der Waals surface area contributed by atoms with Crippen LogP contribution in [0.25, 0.3) is 11.0 Å². The molecule has 4 nitrogen and oxygen atoms in total. The van der Waals surface area contributed by atoms with Crippen molar-refractivity contribution in [1.82, 2.24) is 14.5 Å². The van der Waals surface area contributed by atoms with Crippen molar-refractivity contribution in [3.8, 4) is 0 Å². The van der Waals surface area contributed by atoms with Gasteiger partial charge in [0.2, 0.25) is 0 Å². The highest BCUT2D eigenvalue weighted by molar-refractivity contribution is 6.16. The molecular weight excluding hydrogens is 274 g/mol. The van der Waals surface area contributed by atoms with Gasteiger partial charge in [0, 0.05) is 26.2 Å². The maximum Gasteiger partial charge on any atom is 0.124 e. The number of fused-ring (bicyclic) bond motifs is 1. The number of morpholine rings is 1. The van der Waals surface area contributed by atoms with Crippen molar-refractivity contribution in [2.45, 2.75) is 19.3 Å². The number of rotatable bonds is 4. The maximum atomic E-state index is 6.06. The molecule has 2 heterocycles. The number of halogens is 1. The van der Waals surface area contributed by atoms with E-state index in [4.69, 9.17) is 16.3 Å². The van der Waals surface area contributed by atoms with E-state index in [2.05, 4.69) is 39.6 Å². The van der Waals surface area contributed by atoms with Gasteiger partial charge in [-0.05, 0) is 18.6 Å². The third-order valence-corrected chi connectivity index (χ3v) is 4.16. The Morgan fingerprint density at radius 3 is 2.80 bits per heavy atom. The summed E-state index contributed by atoms with van der Waals surface area (Å²) < 4.78 is 7.64. The molecule has 1 fully saturated rings. The van der Waals surface area contributed by atoms with Gasteiger partial charge in [0.1, 0.15) is 5.82 Å². The Morgan fingerprint density at radius 1 is 1.25 bits per heavy atom. The van der Waals surface area contributed by atoms with Crippen molar-refractivity contribution >= 4 is 22.6 Å². The minimum atomic E-state index is 0.456. The van der Waals surface area contributed by atoms with Crippen LogP contribution in [0.5, 0.6) is 0 Å². The fourth-order valence-electron chi connectivity index (χ4n) is 2.75. The van der Waals surface area contributed by atoms with Crippen LogP contribution < -0.4 is 0 Å². The molecule has 1 aromatic heterocycles. The van der Waals surface area contributed by atoms with Crippen molar-refractivity contribution in [2.24, 2.45) is 0 Å². The van der Waals surface area contributed by atoms with E-state index >= 15 is 0 Å². The number of nitrogens with zero attached hydrogens (tertiary/aromatic N) is 3. The molecule has 1 aromatic carbocycles. The monoisotopic (exact) mass is 293 g/mol. The van der Waals surface area contributed by atoms with Crippen molar-refractivity contribution in [2.75, 3.05) is 32.8 Å². The van der Waals surface area contributed by atoms with E-state index in [-0.39, 0.29) is 0 Å². The highest BCUT2D eigenvalue weighted by atomic mass is 35.5. The predicted molar refractivity (Wildman–Crippen MR) is 81.3 cm³/mol. The van der Waals surface area contributed by atoms with Gasteiger partial charge in [-0.25, -0.2) is 4.98 Å². The molecule has 0 atom stereocenters. The summed E-state index contributed by atoms with van der Waals surface area (Å²) in [6.45, 7) is 7.76. The summed E-state index contributed by atoms with van der Waals surface area (Å²) in [7, 11) is 0. The summed E-state index contributed by atoms with van der Waals surface area (Å²) in [5.74, 6) is 1.42. The number of imidazole rings is 1. The third kappa shape index (κ3) is 2.68. The lowest BCUT2D eigenvalue weighted by Crippen LogP contribution is -2.38. The number of alkyl halides is 1. The van der Waals surface area contributed by atoms with Gasteiger partial charge in [0.05, 0.1) is 30.1 Å². The molecule has 0 spiro atoms. The van der Waals surface area contributed by atoms with E-state index in [1.54, 1.807) is 0 Å². The lowest BCUT2D eigenvalue weighted by Gasteiger charge is -2.26. The SMILES string of the molecule is Cc1cccc2c1nc(CCl)n2CCN1CCOCC1. The zero-order chi connectivity index (χ0) is 13.9. The molecular formula is C15H20ClN3O. The molecule has 1 aliphatic heterocycles. The van der Waals surface area contributed by atoms with Crippen LogP contribution in [0.4, 0.5) is 0 Å². The van der Waals surface area contributed by atoms with Crippen LogP contribution in [0.15, 0.2) is 18.2 Å². The van der Waals surface area contributed by atoms with Crippen molar-refractivity contribution in [1.29, 1.82) is 0 Å². The number of para-hydroxylation sites is 1. The summed E-state index contributed by atoms with van der Waals surface area (Å²) in [6, 6.07) is 6.31. The minimum Gasteiger partial charge on any atom is -0.379 e. The van der Waals surface area contributed by atoms with Gasteiger partial charge in [0.25, 0.3) is 0 Å². The van der Waals surface area contributed by atoms with Gasteiger partial charge < -0.3 is 9.30 Å². The first kappa shape index (κ1) is 13.9. The quantitative estimate of drug-likeness (QED) is 0.811. The second kappa shape index (κ2) is 6.12. The summed E-state index contributed by atoms with van der Waals surface area (Å²) in [5, 5.41) is 0. The van der Waals surface area contributed by atoms with Crippen LogP contribution >= 0.6 is 11.6 Å². The average Bonchev–Trinajstić information content (AvgIpc) is 2.85. The molecule has 108 valence electrons. The number of hydrogen-bond donors (Lipinski definition) is 0. The summed E-state index contributed by atoms with van der Waals surface area (Å²) >= 11 is 6.06. The van der Waals surface area contributed by atoms with Crippen molar-refractivity contribution in [3.05, 3.63) is 29.6 Å². The van der Waals surface area contributed by atoms with Gasteiger partial charge in [-0.3, -0.25) is 4.90 Å². The van der Waals surface area contributed by atoms with E-state index in [0.29, 0.717) is 5.88 Å². The fourth-order valence-corrected chi connectivity index (χ4v) is 2.96. The topological polar surface area (TPSA) is 30.3 Å². The van der Waals surface area contributed by atoms with Crippen molar-refractivity contribution < 1.29 is 4.74 Å². The molecule has 20 heavy (non-hydrogen) atoms. The van der Waals surface area contributed by atoms with E-state index in [0.717, 1.165) is 50.7 Å². The van der Waals surface area contributed by atoms with Crippen molar-refractivity contribution in [3.63, 3.8) is 0 Å². The Kier molecular flexibility index (Phi) is 4.24. The van der Waals surface area contributed by atoms with Gasteiger partial charge in [-0.2, -0.15) is 0 Å². The van der Waals surface area contributed by atoms with Gasteiger partial charge in [0.15, 0.2) is 0 Å². The van der Waals surface area contributed by atoms with Crippen LogP contribution in [0.2, 0.25) is 0 Å². The van der Waals surface area contributed by atoms with E-state index in [1.165, 1.54) is 11.1 Å². The molecule has 0 N–H and O–H groups in total. The molecule has 0 saturated carbocycles. The van der Waals surface area contributed by atoms with Crippen LogP contribution in [-0.2, 0) is 17.2 Å². The second-order valence-electron chi connectivity index (χ2n) is 5.21. The molecule has 1 aliphatic rings. The van der Waals surface area contributed by atoms with E-state index in [9.17, 15) is 0 Å². The zero-order valence-electron chi connectivity index (χ0n) is 11.8. The number of hydrogen-bond acceptors (Lipinski definition) is 3. The number of aromatic nitrogens is 2. The van der Waals surface area contributed by atoms with Crippen LogP contribution in [-0.4, -0.2) is 47.3 Å². The van der Waals surface area contributed by atoms with Gasteiger partial charge in [-0.1, -0.05) is 12.1 Å². The van der Waals surface area contributed by atoms with Crippen LogP contribution in [0.1, 0.15) is 11.4 Å². The van der Waals surface area contributed by atoms with Crippen LogP contribution in [0.3, 0.4) is 0 Å². The first-order valence-corrected chi connectivity index (χ1v) is 7.64. The Balaban J connectivity index is 1.84. The Labute approximate surface area is 124 Å². The average molecular weight is 294 g/mol. The minimum absolute atomic E-state index is 0.456. The number of ether oxygens (including phenoxy) is 1. The largest absolute Gasteiger partial charge is 0.379 e. The molecule has 1 saturated heterocycles. The molecule has 5 heteroatoms. The molecule has 3 rings (SSSR count). The maximum absolute atomic E-state index is 6.06. The molecule has 0 aliphatic carbocycles. The summed E-state index contributed by atoms with van der Waals surface area (Å²) in [6.07, 6.45) is 0. The molecule has 0 radical (unpaired) electrons. The van der Waals surface area contributed by atoms with Crippen LogP contribution in [0, 0.1) is 6.92 Å². The smallest absolute Gasteiger partial charge is 0.124 e. The molecule has 0 unspecified atom stereocenters. The number of benzene rings is 1. The lowest BCUT2D eigenvalue weighted by atomic mass is 10.2. The van der Waals surface area contributed by atoms with Gasteiger partial charge in [-0.15, -0.1) is 11.6 Å². The third-order valence-electron chi connectivity index (χ3n) is 3.92. The Bertz CT molecular complexity index is 590.